The molecule has 4 aromatic rings. The number of aryl methyl sites for hydroxylation is 1. The molecular formula is C27H27ClN2O3. The van der Waals surface area contributed by atoms with Crippen LogP contribution in [-0.4, -0.2) is 17.5 Å². The molecule has 5 nitrogen and oxygen atoms in total. The minimum absolute atomic E-state index is 0.119. The van der Waals surface area contributed by atoms with Crippen LogP contribution in [0.2, 0.25) is 5.02 Å². The van der Waals surface area contributed by atoms with E-state index < -0.39 is 0 Å². The van der Waals surface area contributed by atoms with Gasteiger partial charge in [0, 0.05) is 5.56 Å². The van der Waals surface area contributed by atoms with E-state index in [0.29, 0.717) is 28.3 Å². The number of benzene rings is 3. The van der Waals surface area contributed by atoms with Crippen LogP contribution in [0.1, 0.15) is 44.2 Å². The molecule has 1 amide bonds. The SMILES string of the molecule is CCc1ccc2oc(-c3ccc(Cl)c(NC(=O)COc4ccc(C(C)CC)cc4)c3)nc2c1. The molecule has 1 aromatic heterocycles. The van der Waals surface area contributed by atoms with Crippen molar-refractivity contribution < 1.29 is 13.9 Å². The Bertz CT molecular complexity index is 1260. The number of rotatable bonds is 8. The maximum Gasteiger partial charge on any atom is 0.262 e. The van der Waals surface area contributed by atoms with Gasteiger partial charge in [0.1, 0.15) is 11.3 Å². The number of aromatic nitrogens is 1. The number of carbonyl (C=O) groups is 1. The van der Waals surface area contributed by atoms with Crippen molar-refractivity contribution in [2.75, 3.05) is 11.9 Å². The largest absolute Gasteiger partial charge is 0.484 e. The molecule has 4 rings (SSSR count). The lowest BCUT2D eigenvalue weighted by atomic mass is 9.99. The Balaban J connectivity index is 1.44. The number of hydrogen-bond donors (Lipinski definition) is 1. The van der Waals surface area contributed by atoms with Gasteiger partial charge in [0.05, 0.1) is 10.7 Å². The molecule has 0 spiro atoms. The zero-order chi connectivity index (χ0) is 23.4. The van der Waals surface area contributed by atoms with Crippen molar-refractivity contribution in [1.82, 2.24) is 4.98 Å². The summed E-state index contributed by atoms with van der Waals surface area (Å²) in [6.07, 6.45) is 2.01. The third-order valence-corrected chi connectivity index (χ3v) is 6.11. The molecule has 0 fully saturated rings. The van der Waals surface area contributed by atoms with Crippen LogP contribution in [0.4, 0.5) is 5.69 Å². The van der Waals surface area contributed by atoms with Crippen molar-refractivity contribution in [2.45, 2.75) is 39.5 Å². The molecule has 1 unspecified atom stereocenters. The van der Waals surface area contributed by atoms with E-state index in [9.17, 15) is 4.79 Å². The van der Waals surface area contributed by atoms with Gasteiger partial charge in [-0.15, -0.1) is 0 Å². The second-order valence-corrected chi connectivity index (χ2v) is 8.49. The maximum absolute atomic E-state index is 12.5. The monoisotopic (exact) mass is 462 g/mol. The van der Waals surface area contributed by atoms with Gasteiger partial charge in [-0.1, -0.05) is 50.6 Å². The summed E-state index contributed by atoms with van der Waals surface area (Å²) in [5.41, 5.74) is 5.17. The van der Waals surface area contributed by atoms with Crippen LogP contribution in [-0.2, 0) is 11.2 Å². The van der Waals surface area contributed by atoms with Gasteiger partial charge in [0.15, 0.2) is 12.2 Å². The first-order valence-corrected chi connectivity index (χ1v) is 11.6. The highest BCUT2D eigenvalue weighted by Gasteiger charge is 2.13. The van der Waals surface area contributed by atoms with E-state index in [1.165, 1.54) is 11.1 Å². The number of nitrogens with one attached hydrogen (secondary N) is 1. The fourth-order valence-electron chi connectivity index (χ4n) is 3.53. The first kappa shape index (κ1) is 22.9. The normalized spacial score (nSPS) is 12.0. The molecule has 0 aliphatic rings. The first-order valence-electron chi connectivity index (χ1n) is 11.2. The van der Waals surface area contributed by atoms with Crippen LogP contribution in [0.15, 0.2) is 65.1 Å². The molecule has 0 bridgehead atoms. The molecule has 0 aliphatic carbocycles. The number of fused-ring (bicyclic) bond motifs is 1. The Labute approximate surface area is 198 Å². The topological polar surface area (TPSA) is 64.4 Å². The Morgan fingerprint density at radius 3 is 2.61 bits per heavy atom. The summed E-state index contributed by atoms with van der Waals surface area (Å²) >= 11 is 6.32. The van der Waals surface area contributed by atoms with E-state index in [1.807, 2.05) is 48.5 Å². The van der Waals surface area contributed by atoms with Crippen LogP contribution in [0.25, 0.3) is 22.6 Å². The van der Waals surface area contributed by atoms with Gasteiger partial charge in [0.2, 0.25) is 5.89 Å². The Morgan fingerprint density at radius 2 is 1.88 bits per heavy atom. The molecular weight excluding hydrogens is 436 g/mol. The number of ether oxygens (including phenoxy) is 1. The number of nitrogens with zero attached hydrogens (tertiary/aromatic N) is 1. The highest BCUT2D eigenvalue weighted by molar-refractivity contribution is 6.33. The van der Waals surface area contributed by atoms with E-state index >= 15 is 0 Å². The van der Waals surface area contributed by atoms with Crippen molar-refractivity contribution in [1.29, 1.82) is 0 Å². The number of anilines is 1. The number of hydrogen-bond acceptors (Lipinski definition) is 4. The zero-order valence-corrected chi connectivity index (χ0v) is 19.8. The summed E-state index contributed by atoms with van der Waals surface area (Å²) in [6.45, 7) is 6.32. The van der Waals surface area contributed by atoms with Crippen molar-refractivity contribution in [3.8, 4) is 17.2 Å². The molecule has 170 valence electrons. The lowest BCUT2D eigenvalue weighted by Crippen LogP contribution is -2.20. The molecule has 33 heavy (non-hydrogen) atoms. The van der Waals surface area contributed by atoms with Crippen LogP contribution < -0.4 is 10.1 Å². The van der Waals surface area contributed by atoms with Crippen LogP contribution in [0, 0.1) is 0 Å². The lowest BCUT2D eigenvalue weighted by Gasteiger charge is -2.11. The number of amides is 1. The lowest BCUT2D eigenvalue weighted by molar-refractivity contribution is -0.118. The standard InChI is InChI=1S/C27H27ClN2O3/c1-4-17(3)19-7-10-21(11-8-19)32-16-26(31)29-23-15-20(9-12-22(23)28)27-30-24-14-18(5-2)6-13-25(24)33-27/h6-15,17H,4-5,16H2,1-3H3,(H,29,31). The summed E-state index contributed by atoms with van der Waals surface area (Å²) in [5.74, 6) is 1.31. The zero-order valence-electron chi connectivity index (χ0n) is 19.0. The molecule has 0 saturated heterocycles. The molecule has 6 heteroatoms. The summed E-state index contributed by atoms with van der Waals surface area (Å²) in [7, 11) is 0. The Morgan fingerprint density at radius 1 is 1.09 bits per heavy atom. The second kappa shape index (κ2) is 10.1. The molecule has 3 aromatic carbocycles. The second-order valence-electron chi connectivity index (χ2n) is 8.08. The molecule has 0 aliphatic heterocycles. The van der Waals surface area contributed by atoms with Crippen molar-refractivity contribution >= 4 is 34.3 Å². The predicted molar refractivity (Wildman–Crippen MR) is 133 cm³/mol. The number of halogens is 1. The smallest absolute Gasteiger partial charge is 0.262 e. The average molecular weight is 463 g/mol. The highest BCUT2D eigenvalue weighted by Crippen LogP contribution is 2.31. The summed E-state index contributed by atoms with van der Waals surface area (Å²) in [5, 5.41) is 3.24. The van der Waals surface area contributed by atoms with Gasteiger partial charge in [-0.3, -0.25) is 4.79 Å². The summed E-state index contributed by atoms with van der Waals surface area (Å²) < 4.78 is 11.5. The van der Waals surface area contributed by atoms with Crippen molar-refractivity contribution in [2.24, 2.45) is 0 Å². The fourth-order valence-corrected chi connectivity index (χ4v) is 3.70. The van der Waals surface area contributed by atoms with Gasteiger partial charge in [-0.25, -0.2) is 4.98 Å². The van der Waals surface area contributed by atoms with Crippen LogP contribution >= 0.6 is 11.6 Å². The third-order valence-electron chi connectivity index (χ3n) is 5.78. The fraction of sp³-hybridized carbons (Fsp3) is 0.259. The van der Waals surface area contributed by atoms with E-state index in [1.54, 1.807) is 12.1 Å². The van der Waals surface area contributed by atoms with Gasteiger partial charge < -0.3 is 14.5 Å². The van der Waals surface area contributed by atoms with E-state index in [4.69, 9.17) is 20.8 Å². The minimum atomic E-state index is -0.301. The number of oxazole rings is 1. The van der Waals surface area contributed by atoms with Gasteiger partial charge >= 0.3 is 0 Å². The minimum Gasteiger partial charge on any atom is -0.484 e. The first-order chi connectivity index (χ1) is 16.0. The summed E-state index contributed by atoms with van der Waals surface area (Å²) in [6, 6.07) is 19.1. The molecule has 1 heterocycles. The molecule has 0 radical (unpaired) electrons. The van der Waals surface area contributed by atoms with Crippen molar-refractivity contribution in [3.05, 3.63) is 76.8 Å². The molecule has 1 N–H and O–H groups in total. The Kier molecular flexibility index (Phi) is 6.99. The Hall–Kier alpha value is -3.31. The van der Waals surface area contributed by atoms with Crippen molar-refractivity contribution in [3.63, 3.8) is 0 Å². The van der Waals surface area contributed by atoms with E-state index in [-0.39, 0.29) is 12.5 Å². The van der Waals surface area contributed by atoms with E-state index in [2.05, 4.69) is 31.1 Å². The average Bonchev–Trinajstić information content (AvgIpc) is 3.27. The van der Waals surface area contributed by atoms with E-state index in [0.717, 1.165) is 29.5 Å². The van der Waals surface area contributed by atoms with Gasteiger partial charge in [-0.05, 0) is 72.4 Å². The summed E-state index contributed by atoms with van der Waals surface area (Å²) in [4.78, 5) is 17.1. The molecule has 0 saturated carbocycles. The quantitative estimate of drug-likeness (QED) is 0.299. The number of carbonyl (C=O) groups excluding carboxylic acids is 1. The highest BCUT2D eigenvalue weighted by atomic mass is 35.5. The van der Waals surface area contributed by atoms with Gasteiger partial charge in [-0.2, -0.15) is 0 Å². The van der Waals surface area contributed by atoms with Crippen LogP contribution in [0.5, 0.6) is 5.75 Å². The van der Waals surface area contributed by atoms with Crippen LogP contribution in [0.3, 0.4) is 0 Å². The molecule has 1 atom stereocenters. The third kappa shape index (κ3) is 5.37. The maximum atomic E-state index is 12.5. The van der Waals surface area contributed by atoms with Gasteiger partial charge in [0.25, 0.3) is 5.91 Å². The predicted octanol–water partition coefficient (Wildman–Crippen LogP) is 7.24.